The molecule has 1 aromatic carbocycles. The lowest BCUT2D eigenvalue weighted by Crippen LogP contribution is -2.41. The summed E-state index contributed by atoms with van der Waals surface area (Å²) < 4.78 is 29.0. The minimum atomic E-state index is -3.74. The molecule has 0 saturated heterocycles. The van der Waals surface area contributed by atoms with Crippen LogP contribution in [0.3, 0.4) is 0 Å². The fourth-order valence-corrected chi connectivity index (χ4v) is 4.48. The number of benzene rings is 1. The zero-order valence-electron chi connectivity index (χ0n) is 13.3. The van der Waals surface area contributed by atoms with Crippen LogP contribution in [-0.2, 0) is 16.4 Å². The van der Waals surface area contributed by atoms with Gasteiger partial charge >= 0.3 is 0 Å². The molecule has 0 spiro atoms. The molecule has 124 valence electrons. The summed E-state index contributed by atoms with van der Waals surface area (Å²) in [6.45, 7) is 4.03. The number of fused-ring (bicyclic) bond motifs is 1. The molecule has 0 amide bonds. The molecule has 3 rings (SSSR count). The summed E-state index contributed by atoms with van der Waals surface area (Å²) in [4.78, 5) is 4.06. The van der Waals surface area contributed by atoms with E-state index in [0.717, 1.165) is 11.1 Å². The highest BCUT2D eigenvalue weighted by Gasteiger charge is 2.37. The Balaban J connectivity index is 1.99. The largest absolute Gasteiger partial charge is 0.394 e. The highest BCUT2D eigenvalue weighted by molar-refractivity contribution is 7.89. The second kappa shape index (κ2) is 6.07. The van der Waals surface area contributed by atoms with Gasteiger partial charge in [-0.2, -0.15) is 4.31 Å². The number of rotatable bonds is 4. The Hall–Kier alpha value is -1.70. The van der Waals surface area contributed by atoms with Gasteiger partial charge in [-0.15, -0.1) is 0 Å². The fourth-order valence-electron chi connectivity index (χ4n) is 2.96. The summed E-state index contributed by atoms with van der Waals surface area (Å²) >= 11 is 0. The van der Waals surface area contributed by atoms with Crippen molar-refractivity contribution in [2.45, 2.75) is 37.4 Å². The first kappa shape index (κ1) is 16.2. The molecule has 0 fully saturated rings. The first-order valence-electron chi connectivity index (χ1n) is 7.69. The molecule has 1 N–H and O–H groups in total. The second-order valence-electron chi connectivity index (χ2n) is 6.02. The molecule has 0 bridgehead atoms. The predicted octanol–water partition coefficient (Wildman–Crippen LogP) is 1.74. The maximum absolute atomic E-state index is 12.9. The van der Waals surface area contributed by atoms with Gasteiger partial charge in [0.05, 0.1) is 19.0 Å². The van der Waals surface area contributed by atoms with Crippen molar-refractivity contribution in [2.75, 3.05) is 13.2 Å². The van der Waals surface area contributed by atoms with Crippen LogP contribution in [0.1, 0.15) is 37.1 Å². The molecule has 2 aromatic rings. The van der Waals surface area contributed by atoms with Gasteiger partial charge in [0.25, 0.3) is 10.0 Å². The van der Waals surface area contributed by atoms with Crippen LogP contribution in [0.15, 0.2) is 41.8 Å². The molecule has 2 heterocycles. The van der Waals surface area contributed by atoms with Crippen LogP contribution in [0, 0.1) is 0 Å². The van der Waals surface area contributed by atoms with E-state index < -0.39 is 16.1 Å². The van der Waals surface area contributed by atoms with Crippen molar-refractivity contribution in [3.63, 3.8) is 0 Å². The molecule has 1 atom stereocenters. The molecule has 1 aliphatic rings. The van der Waals surface area contributed by atoms with Crippen molar-refractivity contribution in [1.82, 2.24) is 13.9 Å². The van der Waals surface area contributed by atoms with E-state index in [4.69, 9.17) is 0 Å². The Morgan fingerprint density at radius 1 is 1.35 bits per heavy atom. The molecule has 0 radical (unpaired) electrons. The lowest BCUT2D eigenvalue weighted by molar-refractivity contribution is 0.180. The van der Waals surface area contributed by atoms with Gasteiger partial charge in [0.15, 0.2) is 5.03 Å². The number of nitrogens with zero attached hydrogens (tertiary/aromatic N) is 3. The second-order valence-corrected chi connectivity index (χ2v) is 7.85. The zero-order chi connectivity index (χ0) is 16.6. The van der Waals surface area contributed by atoms with E-state index in [-0.39, 0.29) is 17.7 Å². The normalized spacial score (nSPS) is 19.0. The number of hydrogen-bond donors (Lipinski definition) is 1. The van der Waals surface area contributed by atoms with E-state index in [9.17, 15) is 13.5 Å². The van der Waals surface area contributed by atoms with Crippen molar-refractivity contribution >= 4 is 10.0 Å². The summed E-state index contributed by atoms with van der Waals surface area (Å²) in [5.74, 6) is 0. The zero-order valence-corrected chi connectivity index (χ0v) is 14.1. The summed E-state index contributed by atoms with van der Waals surface area (Å²) in [5, 5.41) is 9.81. The Morgan fingerprint density at radius 3 is 2.74 bits per heavy atom. The smallest absolute Gasteiger partial charge is 0.262 e. The molecule has 1 aromatic heterocycles. The standard InChI is InChI=1S/C16H21N3O3S/c1-12(2)18-9-16(17-11-18)23(21,22)19-8-7-13-5-3-4-6-14(13)15(19)10-20/h3-6,9,11-12,15,20H,7-8,10H2,1-2H3/t15-/m1/s1. The number of aromatic nitrogens is 2. The van der Waals surface area contributed by atoms with E-state index in [0.29, 0.717) is 13.0 Å². The van der Waals surface area contributed by atoms with Gasteiger partial charge in [0.1, 0.15) is 0 Å². The maximum Gasteiger partial charge on any atom is 0.262 e. The third kappa shape index (κ3) is 2.80. The van der Waals surface area contributed by atoms with E-state index in [1.54, 1.807) is 10.8 Å². The molecule has 1 aliphatic heterocycles. The van der Waals surface area contributed by atoms with Crippen LogP contribution in [0.25, 0.3) is 0 Å². The lowest BCUT2D eigenvalue weighted by atomic mass is 9.95. The van der Waals surface area contributed by atoms with Gasteiger partial charge in [0.2, 0.25) is 0 Å². The molecule has 0 aliphatic carbocycles. The molecule has 6 nitrogen and oxygen atoms in total. The average Bonchev–Trinajstić information content (AvgIpc) is 3.04. The van der Waals surface area contributed by atoms with Crippen LogP contribution in [-0.4, -0.2) is 40.5 Å². The summed E-state index contributed by atoms with van der Waals surface area (Å²) in [6, 6.07) is 7.24. The molecule has 0 unspecified atom stereocenters. The quantitative estimate of drug-likeness (QED) is 0.923. The highest BCUT2D eigenvalue weighted by atomic mass is 32.2. The minimum Gasteiger partial charge on any atom is -0.394 e. The topological polar surface area (TPSA) is 75.4 Å². The van der Waals surface area contributed by atoms with Crippen LogP contribution in [0.2, 0.25) is 0 Å². The Labute approximate surface area is 136 Å². The Kier molecular flexibility index (Phi) is 4.27. The monoisotopic (exact) mass is 335 g/mol. The molecule has 0 saturated carbocycles. The number of sulfonamides is 1. The van der Waals surface area contributed by atoms with Gasteiger partial charge in [-0.1, -0.05) is 24.3 Å². The third-order valence-electron chi connectivity index (χ3n) is 4.28. The van der Waals surface area contributed by atoms with Crippen molar-refractivity contribution in [1.29, 1.82) is 0 Å². The van der Waals surface area contributed by atoms with Crippen LogP contribution < -0.4 is 0 Å². The Morgan fingerprint density at radius 2 is 2.09 bits per heavy atom. The van der Waals surface area contributed by atoms with Gasteiger partial charge in [-0.05, 0) is 31.4 Å². The molecule has 7 heteroatoms. The minimum absolute atomic E-state index is 0.0315. The van der Waals surface area contributed by atoms with E-state index in [2.05, 4.69) is 4.98 Å². The molecular weight excluding hydrogens is 314 g/mol. The van der Waals surface area contributed by atoms with E-state index in [1.165, 1.54) is 10.6 Å². The third-order valence-corrected chi connectivity index (χ3v) is 6.08. The number of aliphatic hydroxyl groups excluding tert-OH is 1. The van der Waals surface area contributed by atoms with Gasteiger partial charge in [0, 0.05) is 18.8 Å². The van der Waals surface area contributed by atoms with E-state index >= 15 is 0 Å². The predicted molar refractivity (Wildman–Crippen MR) is 86.5 cm³/mol. The van der Waals surface area contributed by atoms with Gasteiger partial charge < -0.3 is 9.67 Å². The van der Waals surface area contributed by atoms with Crippen molar-refractivity contribution in [2.24, 2.45) is 0 Å². The first-order chi connectivity index (χ1) is 10.9. The summed E-state index contributed by atoms with van der Waals surface area (Å²) in [5.41, 5.74) is 1.96. The average molecular weight is 335 g/mol. The first-order valence-corrected chi connectivity index (χ1v) is 9.13. The lowest BCUT2D eigenvalue weighted by Gasteiger charge is -2.34. The summed E-state index contributed by atoms with van der Waals surface area (Å²) in [7, 11) is -3.74. The van der Waals surface area contributed by atoms with Gasteiger partial charge in [-0.3, -0.25) is 0 Å². The highest BCUT2D eigenvalue weighted by Crippen LogP contribution is 2.33. The molecule has 23 heavy (non-hydrogen) atoms. The number of hydrogen-bond acceptors (Lipinski definition) is 4. The SMILES string of the molecule is CC(C)n1cnc(S(=O)(=O)N2CCc3ccccc3[C@H]2CO)c1. The maximum atomic E-state index is 12.9. The van der Waals surface area contributed by atoms with Crippen LogP contribution in [0.5, 0.6) is 0 Å². The van der Waals surface area contributed by atoms with Crippen molar-refractivity contribution in [3.05, 3.63) is 47.9 Å². The van der Waals surface area contributed by atoms with Crippen LogP contribution >= 0.6 is 0 Å². The van der Waals surface area contributed by atoms with Crippen LogP contribution in [0.4, 0.5) is 0 Å². The number of aliphatic hydroxyl groups is 1. The Bertz CT molecular complexity index is 798. The van der Waals surface area contributed by atoms with Gasteiger partial charge in [-0.25, -0.2) is 13.4 Å². The van der Waals surface area contributed by atoms with E-state index in [1.807, 2.05) is 38.1 Å². The molecular formula is C16H21N3O3S. The number of imidazole rings is 1. The fraction of sp³-hybridized carbons (Fsp3) is 0.438. The van der Waals surface area contributed by atoms with Crippen molar-refractivity contribution in [3.8, 4) is 0 Å². The summed E-state index contributed by atoms with van der Waals surface area (Å²) in [6.07, 6.45) is 3.72. The van der Waals surface area contributed by atoms with Crippen molar-refractivity contribution < 1.29 is 13.5 Å².